The molecule has 6 nitrogen and oxygen atoms in total. The zero-order chi connectivity index (χ0) is 14.1. The van der Waals surface area contributed by atoms with E-state index in [9.17, 15) is 4.79 Å². The molecule has 0 saturated carbocycles. The lowest BCUT2D eigenvalue weighted by Gasteiger charge is -2.17. The largest absolute Gasteiger partial charge is 0.383 e. The number of carbonyl (C=O) groups excluding carboxylic acids is 1. The second-order valence-electron chi connectivity index (χ2n) is 4.39. The van der Waals surface area contributed by atoms with E-state index < -0.39 is 0 Å². The Labute approximate surface area is 114 Å². The average Bonchev–Trinajstić information content (AvgIpc) is 2.87. The van der Waals surface area contributed by atoms with Gasteiger partial charge in [0.2, 0.25) is 0 Å². The molecule has 0 aliphatic heterocycles. The molecule has 0 aliphatic rings. The third-order valence-corrected chi connectivity index (χ3v) is 2.95. The molecule has 1 aromatic rings. The molecule has 6 heteroatoms. The van der Waals surface area contributed by atoms with Gasteiger partial charge in [-0.1, -0.05) is 6.92 Å². The summed E-state index contributed by atoms with van der Waals surface area (Å²) in [6.45, 7) is 4.79. The summed E-state index contributed by atoms with van der Waals surface area (Å²) in [5.41, 5.74) is 0. The van der Waals surface area contributed by atoms with Crippen molar-refractivity contribution in [1.82, 2.24) is 19.8 Å². The maximum atomic E-state index is 11.7. The van der Waals surface area contributed by atoms with Crippen molar-refractivity contribution in [2.75, 3.05) is 33.9 Å². The van der Waals surface area contributed by atoms with Gasteiger partial charge in [-0.25, -0.2) is 9.78 Å². The Kier molecular flexibility index (Phi) is 6.95. The maximum Gasteiger partial charge on any atom is 0.317 e. The molecule has 1 aromatic heterocycles. The van der Waals surface area contributed by atoms with Crippen LogP contribution in [-0.4, -0.2) is 54.3 Å². The van der Waals surface area contributed by atoms with E-state index in [4.69, 9.17) is 4.74 Å². The van der Waals surface area contributed by atoms with Gasteiger partial charge < -0.3 is 19.5 Å². The Morgan fingerprint density at radius 3 is 3.05 bits per heavy atom. The van der Waals surface area contributed by atoms with E-state index >= 15 is 0 Å². The number of rotatable bonds is 8. The third-order valence-electron chi connectivity index (χ3n) is 2.95. The van der Waals surface area contributed by atoms with E-state index in [1.807, 2.05) is 12.4 Å². The lowest BCUT2D eigenvalue weighted by Crippen LogP contribution is -2.39. The molecule has 0 aliphatic carbocycles. The quantitative estimate of drug-likeness (QED) is 0.719. The third kappa shape index (κ3) is 5.30. The van der Waals surface area contributed by atoms with Crippen molar-refractivity contribution in [3.8, 4) is 0 Å². The van der Waals surface area contributed by atoms with Crippen LogP contribution in [-0.2, 0) is 17.7 Å². The Bertz CT molecular complexity index is 378. The van der Waals surface area contributed by atoms with Crippen molar-refractivity contribution in [3.63, 3.8) is 0 Å². The summed E-state index contributed by atoms with van der Waals surface area (Å²) in [5.74, 6) is 1.09. The molecule has 0 radical (unpaired) electrons. The normalized spacial score (nSPS) is 10.5. The number of likely N-dealkylation sites (N-methyl/N-ethyl adjacent to an activating group) is 1. The molecule has 1 rings (SSSR count). The highest BCUT2D eigenvalue weighted by molar-refractivity contribution is 5.73. The summed E-state index contributed by atoms with van der Waals surface area (Å²) in [6.07, 6.45) is 5.62. The number of hydrogen-bond donors (Lipinski definition) is 1. The molecular formula is C13H24N4O2. The fourth-order valence-electron chi connectivity index (χ4n) is 1.77. The molecule has 0 fully saturated rings. The van der Waals surface area contributed by atoms with Gasteiger partial charge in [0.1, 0.15) is 5.82 Å². The van der Waals surface area contributed by atoms with Gasteiger partial charge in [0.05, 0.1) is 6.61 Å². The molecule has 0 aromatic carbocycles. The number of imidazole rings is 1. The lowest BCUT2D eigenvalue weighted by atomic mass is 10.4. The molecule has 0 atom stereocenters. The van der Waals surface area contributed by atoms with Gasteiger partial charge in [-0.3, -0.25) is 0 Å². The summed E-state index contributed by atoms with van der Waals surface area (Å²) in [6, 6.07) is -0.0570. The standard InChI is InChI=1S/C13H24N4O2/c1-4-12-14-7-9-17(12)8-5-6-15-13(18)16(2)10-11-19-3/h7,9H,4-6,8,10-11H2,1-3H3,(H,15,18). The van der Waals surface area contributed by atoms with Gasteiger partial charge >= 0.3 is 6.03 Å². The zero-order valence-electron chi connectivity index (χ0n) is 12.1. The van der Waals surface area contributed by atoms with Crippen molar-refractivity contribution in [2.45, 2.75) is 26.3 Å². The Morgan fingerprint density at radius 2 is 2.37 bits per heavy atom. The highest BCUT2D eigenvalue weighted by Gasteiger charge is 2.06. The highest BCUT2D eigenvalue weighted by atomic mass is 16.5. The fourth-order valence-corrected chi connectivity index (χ4v) is 1.77. The zero-order valence-corrected chi connectivity index (χ0v) is 12.1. The molecule has 19 heavy (non-hydrogen) atoms. The van der Waals surface area contributed by atoms with Crippen LogP contribution in [0.2, 0.25) is 0 Å². The Morgan fingerprint density at radius 1 is 1.58 bits per heavy atom. The monoisotopic (exact) mass is 268 g/mol. The van der Waals surface area contributed by atoms with Gasteiger partial charge in [-0.15, -0.1) is 0 Å². The van der Waals surface area contributed by atoms with E-state index in [-0.39, 0.29) is 6.03 Å². The molecule has 1 heterocycles. The van der Waals surface area contributed by atoms with E-state index in [1.165, 1.54) is 0 Å². The predicted octanol–water partition coefficient (Wildman–Crippen LogP) is 1.12. The van der Waals surface area contributed by atoms with E-state index in [2.05, 4.69) is 21.8 Å². The van der Waals surface area contributed by atoms with E-state index in [1.54, 1.807) is 19.1 Å². The second-order valence-corrected chi connectivity index (χ2v) is 4.39. The summed E-state index contributed by atoms with van der Waals surface area (Å²) < 4.78 is 7.06. The van der Waals surface area contributed by atoms with Crippen LogP contribution in [0.15, 0.2) is 12.4 Å². The number of aryl methyl sites for hydroxylation is 2. The summed E-state index contributed by atoms with van der Waals surface area (Å²) in [4.78, 5) is 17.6. The predicted molar refractivity (Wildman–Crippen MR) is 74.1 cm³/mol. The minimum Gasteiger partial charge on any atom is -0.383 e. The van der Waals surface area contributed by atoms with E-state index in [0.29, 0.717) is 19.7 Å². The highest BCUT2D eigenvalue weighted by Crippen LogP contribution is 1.99. The Hall–Kier alpha value is -1.56. The van der Waals surface area contributed by atoms with Crippen molar-refractivity contribution in [2.24, 2.45) is 0 Å². The first-order valence-corrected chi connectivity index (χ1v) is 6.67. The second kappa shape index (κ2) is 8.53. The lowest BCUT2D eigenvalue weighted by molar-refractivity contribution is 0.159. The van der Waals surface area contributed by atoms with Crippen LogP contribution in [0.4, 0.5) is 4.79 Å². The molecule has 1 N–H and O–H groups in total. The molecule has 0 saturated heterocycles. The van der Waals surface area contributed by atoms with Gasteiger partial charge in [0.25, 0.3) is 0 Å². The summed E-state index contributed by atoms with van der Waals surface area (Å²) >= 11 is 0. The summed E-state index contributed by atoms with van der Waals surface area (Å²) in [7, 11) is 3.39. The van der Waals surface area contributed by atoms with Crippen molar-refractivity contribution < 1.29 is 9.53 Å². The minimum atomic E-state index is -0.0570. The topological polar surface area (TPSA) is 59.4 Å². The fraction of sp³-hybridized carbons (Fsp3) is 0.692. The van der Waals surface area contributed by atoms with E-state index in [0.717, 1.165) is 25.2 Å². The molecular weight excluding hydrogens is 244 g/mol. The number of methoxy groups -OCH3 is 1. The molecule has 0 unspecified atom stereocenters. The van der Waals surface area contributed by atoms with Crippen molar-refractivity contribution >= 4 is 6.03 Å². The Balaban J connectivity index is 2.18. The van der Waals surface area contributed by atoms with Crippen molar-refractivity contribution in [1.29, 1.82) is 0 Å². The molecule has 0 bridgehead atoms. The van der Waals surface area contributed by atoms with Crippen LogP contribution >= 0.6 is 0 Å². The van der Waals surface area contributed by atoms with Gasteiger partial charge in [0.15, 0.2) is 0 Å². The molecule has 0 spiro atoms. The van der Waals surface area contributed by atoms with Crippen LogP contribution in [0, 0.1) is 0 Å². The number of amides is 2. The van der Waals surface area contributed by atoms with Gasteiger partial charge in [-0.05, 0) is 6.42 Å². The number of urea groups is 1. The van der Waals surface area contributed by atoms with Gasteiger partial charge in [0, 0.05) is 52.6 Å². The number of nitrogens with one attached hydrogen (secondary N) is 1. The first-order valence-electron chi connectivity index (χ1n) is 6.67. The number of aromatic nitrogens is 2. The maximum absolute atomic E-state index is 11.7. The van der Waals surface area contributed by atoms with Gasteiger partial charge in [-0.2, -0.15) is 0 Å². The average molecular weight is 268 g/mol. The smallest absolute Gasteiger partial charge is 0.317 e. The molecule has 2 amide bonds. The van der Waals surface area contributed by atoms with Crippen LogP contribution in [0.25, 0.3) is 0 Å². The van der Waals surface area contributed by atoms with Crippen LogP contribution in [0.3, 0.4) is 0 Å². The van der Waals surface area contributed by atoms with Crippen LogP contribution < -0.4 is 5.32 Å². The first kappa shape index (κ1) is 15.5. The SMILES string of the molecule is CCc1nccn1CCCNC(=O)N(C)CCOC. The number of carbonyl (C=O) groups is 1. The summed E-state index contributed by atoms with van der Waals surface area (Å²) in [5, 5.41) is 2.89. The minimum absolute atomic E-state index is 0.0570. The van der Waals surface area contributed by atoms with Crippen LogP contribution in [0.1, 0.15) is 19.2 Å². The number of nitrogens with zero attached hydrogens (tertiary/aromatic N) is 3. The number of ether oxygens (including phenoxy) is 1. The van der Waals surface area contributed by atoms with Crippen molar-refractivity contribution in [3.05, 3.63) is 18.2 Å². The first-order chi connectivity index (χ1) is 9.19. The van der Waals surface area contributed by atoms with Crippen LogP contribution in [0.5, 0.6) is 0 Å². The molecule has 108 valence electrons. The number of hydrogen-bond acceptors (Lipinski definition) is 3.